The van der Waals surface area contributed by atoms with Gasteiger partial charge in [0.1, 0.15) is 26.0 Å². The Morgan fingerprint density at radius 3 is 1.57 bits per heavy atom. The summed E-state index contributed by atoms with van der Waals surface area (Å²) >= 11 is 0. The minimum Gasteiger partial charge on any atom is -0.379 e. The van der Waals surface area contributed by atoms with Gasteiger partial charge in [-0.15, -0.1) is 19.3 Å². The second kappa shape index (κ2) is 35.6. The van der Waals surface area contributed by atoms with Crippen molar-refractivity contribution in [2.75, 3.05) is 106 Å². The summed E-state index contributed by atoms with van der Waals surface area (Å²) in [6.07, 6.45) is 19.6. The van der Waals surface area contributed by atoms with Crippen LogP contribution in [0.1, 0.15) is 111 Å². The predicted molar refractivity (Wildman–Crippen MR) is 259 cm³/mol. The van der Waals surface area contributed by atoms with Gasteiger partial charge in [-0.3, -0.25) is 19.7 Å². The summed E-state index contributed by atoms with van der Waals surface area (Å²) in [5.41, 5.74) is -2.22. The van der Waals surface area contributed by atoms with Crippen molar-refractivity contribution in [1.29, 1.82) is 5.26 Å². The summed E-state index contributed by atoms with van der Waals surface area (Å²) in [7, 11) is -1.47. The quantitative estimate of drug-likeness (QED) is 0.0255. The molecule has 0 heterocycles. The maximum atomic E-state index is 14.9. The Balaban J connectivity index is 2.29. The van der Waals surface area contributed by atoms with Crippen molar-refractivity contribution in [2.24, 2.45) is 5.41 Å². The monoisotopic (exact) mass is 977 g/mol. The van der Waals surface area contributed by atoms with Crippen LogP contribution in [-0.4, -0.2) is 162 Å². The van der Waals surface area contributed by atoms with Crippen molar-refractivity contribution in [2.45, 2.75) is 141 Å². The van der Waals surface area contributed by atoms with E-state index in [1.807, 2.05) is 0 Å². The summed E-state index contributed by atoms with van der Waals surface area (Å²) in [4.78, 5) is 41.7. The lowest BCUT2D eigenvalue weighted by molar-refractivity contribution is -0.148. The molecule has 3 saturated carbocycles. The third-order valence-electron chi connectivity index (χ3n) is 12.0. The summed E-state index contributed by atoms with van der Waals surface area (Å²) in [6, 6.07) is 2.46. The van der Waals surface area contributed by atoms with Gasteiger partial charge >= 0.3 is 0 Å². The normalized spacial score (nSPS) is 18.6. The van der Waals surface area contributed by atoms with E-state index in [0.717, 1.165) is 0 Å². The molecule has 3 rings (SSSR count). The minimum atomic E-state index is -1.47. The third-order valence-corrected chi connectivity index (χ3v) is 14.2. The van der Waals surface area contributed by atoms with Gasteiger partial charge in [-0.25, -0.2) is 4.67 Å². The molecule has 19 heteroatoms. The molecule has 384 valence electrons. The number of nitrogens with zero attached hydrogens (tertiary/aromatic N) is 2. The van der Waals surface area contributed by atoms with Crippen LogP contribution in [0.25, 0.3) is 0 Å². The Morgan fingerprint density at radius 2 is 1.13 bits per heavy atom. The Bertz CT molecular complexity index is 1530. The second-order valence-electron chi connectivity index (χ2n) is 17.7. The molecule has 3 amide bonds. The smallest absolute Gasteiger partial charge is 0.259 e. The molecule has 5 N–H and O–H groups in total. The van der Waals surface area contributed by atoms with Crippen molar-refractivity contribution >= 4 is 26.2 Å². The number of carbonyl (C=O) groups is 3. The van der Waals surface area contributed by atoms with Crippen LogP contribution in [0.2, 0.25) is 0 Å². The molecule has 0 spiro atoms. The molecule has 0 saturated heterocycles. The zero-order valence-corrected chi connectivity index (χ0v) is 42.1. The van der Waals surface area contributed by atoms with Crippen LogP contribution < -0.4 is 21.3 Å². The van der Waals surface area contributed by atoms with Crippen LogP contribution >= 0.6 is 8.53 Å². The van der Waals surface area contributed by atoms with Crippen molar-refractivity contribution in [1.82, 2.24) is 25.9 Å². The number of amides is 3. The van der Waals surface area contributed by atoms with Crippen LogP contribution in [0.3, 0.4) is 0 Å². The van der Waals surface area contributed by atoms with Crippen molar-refractivity contribution in [3.05, 3.63) is 0 Å². The van der Waals surface area contributed by atoms with Crippen LogP contribution in [0.15, 0.2) is 0 Å². The van der Waals surface area contributed by atoms with Crippen LogP contribution in [0.5, 0.6) is 0 Å². The Hall–Kier alpha value is -3.43. The number of rotatable bonds is 41. The van der Waals surface area contributed by atoms with E-state index in [1.54, 1.807) is 0 Å². The first-order valence-corrected chi connectivity index (χ1v) is 25.2. The summed E-state index contributed by atoms with van der Waals surface area (Å²) in [5.74, 6) is 6.58. The average molecular weight is 977 g/mol. The van der Waals surface area contributed by atoms with E-state index in [1.165, 1.54) is 0 Å². The van der Waals surface area contributed by atoms with Gasteiger partial charge in [-0.2, -0.15) is 5.26 Å². The number of nitriles is 1. The van der Waals surface area contributed by atoms with Gasteiger partial charge in [0.25, 0.3) is 8.53 Å². The fourth-order valence-corrected chi connectivity index (χ4v) is 10.2. The molecule has 0 aliphatic heterocycles. The molecule has 68 heavy (non-hydrogen) atoms. The Labute approximate surface area is 408 Å². The van der Waals surface area contributed by atoms with Gasteiger partial charge < -0.3 is 58.5 Å². The summed E-state index contributed by atoms with van der Waals surface area (Å²) < 4.78 is 47.9. The van der Waals surface area contributed by atoms with Gasteiger partial charge in [-0.05, 0) is 91.9 Å². The molecule has 0 radical (unpaired) electrons. The largest absolute Gasteiger partial charge is 0.379 e. The molecular formula is C49H81N6O12P. The Kier molecular flexibility index (Phi) is 31.8. The predicted octanol–water partition coefficient (Wildman–Crippen LogP) is 3.71. The molecule has 2 atom stereocenters. The molecule has 2 bridgehead atoms. The zero-order valence-electron chi connectivity index (χ0n) is 41.2. The van der Waals surface area contributed by atoms with E-state index < -0.39 is 31.3 Å². The molecule has 0 aromatic rings. The number of terminal acetylenes is 3. The molecule has 0 aromatic carbocycles. The number of hydrogen-bond donors (Lipinski definition) is 5. The molecular weight excluding hydrogens is 896 g/mol. The fourth-order valence-electron chi connectivity index (χ4n) is 8.29. The molecule has 3 aliphatic carbocycles. The Morgan fingerprint density at radius 1 is 0.676 bits per heavy atom. The van der Waals surface area contributed by atoms with Gasteiger partial charge in [0.05, 0.1) is 84.2 Å². The van der Waals surface area contributed by atoms with E-state index in [9.17, 15) is 24.8 Å². The number of nitrogens with one attached hydrogen (secondary N) is 4. The first-order chi connectivity index (χ1) is 32.8. The van der Waals surface area contributed by atoms with E-state index in [2.05, 4.69) is 77.5 Å². The van der Waals surface area contributed by atoms with Crippen LogP contribution in [0.4, 0.5) is 0 Å². The number of aliphatic hydroxyl groups excluding tert-OH is 1. The maximum Gasteiger partial charge on any atom is 0.259 e. The fraction of sp³-hybridized carbons (Fsp3) is 0.796. The molecule has 2 unspecified atom stereocenters. The third kappa shape index (κ3) is 24.4. The van der Waals surface area contributed by atoms with E-state index >= 15 is 0 Å². The van der Waals surface area contributed by atoms with Crippen molar-refractivity contribution in [3.8, 4) is 43.1 Å². The second-order valence-corrected chi connectivity index (χ2v) is 19.0. The average Bonchev–Trinajstić information content (AvgIpc) is 3.32. The van der Waals surface area contributed by atoms with Gasteiger partial charge in [0.2, 0.25) is 17.7 Å². The lowest BCUT2D eigenvalue weighted by atomic mass is 9.58. The van der Waals surface area contributed by atoms with Gasteiger partial charge in [-0.1, -0.05) is 17.8 Å². The van der Waals surface area contributed by atoms with E-state index in [0.29, 0.717) is 91.3 Å². The highest BCUT2D eigenvalue weighted by atomic mass is 31.2. The standard InChI is InChI=1S/C49H81N6O12P/c1-8-28-60-35-38-63-32-25-51-43(56)12-15-48(16-13-44(57)52-26-33-64-39-36-61-29-9-2,17-14-45(58)53-27-34-65-40-37-62-30-10-3)54-46(59)47-18-21-49(22-19-47,23-20-47)67-68(66-31-11-24-50)55(41(4)5)42(6)7/h1-3,41-43,51,56H,11-23,25-40H2,4-7H3,(H,52,57)(H,53,58)(H,54,59). The highest BCUT2D eigenvalue weighted by Crippen LogP contribution is 2.60. The number of carbonyl (C=O) groups excluding carboxylic acids is 3. The molecule has 3 fully saturated rings. The highest BCUT2D eigenvalue weighted by molar-refractivity contribution is 7.44. The highest BCUT2D eigenvalue weighted by Gasteiger charge is 2.55. The number of ether oxygens (including phenoxy) is 6. The van der Waals surface area contributed by atoms with Crippen molar-refractivity contribution < 1.29 is 57.0 Å². The van der Waals surface area contributed by atoms with E-state index in [4.69, 9.17) is 56.7 Å². The maximum absolute atomic E-state index is 14.9. The van der Waals surface area contributed by atoms with E-state index in [-0.39, 0.29) is 127 Å². The minimum absolute atomic E-state index is 0.0450. The number of fused-ring (bicyclic) bond motifs is 3. The molecule has 3 aliphatic rings. The summed E-state index contributed by atoms with van der Waals surface area (Å²) in [5, 5.41) is 32.7. The first kappa shape index (κ1) is 60.7. The topological polar surface area (TPSA) is 220 Å². The zero-order chi connectivity index (χ0) is 49.9. The molecule has 18 nitrogen and oxygen atoms in total. The van der Waals surface area contributed by atoms with Gasteiger partial charge in [0, 0.05) is 55.5 Å². The summed E-state index contributed by atoms with van der Waals surface area (Å²) in [6.45, 7) is 13.0. The molecule has 0 aromatic heterocycles. The first-order valence-electron chi connectivity index (χ1n) is 24.1. The van der Waals surface area contributed by atoms with Crippen LogP contribution in [0, 0.1) is 53.8 Å². The lowest BCUT2D eigenvalue weighted by Gasteiger charge is -2.54. The van der Waals surface area contributed by atoms with Crippen molar-refractivity contribution in [3.63, 3.8) is 0 Å². The lowest BCUT2D eigenvalue weighted by Crippen LogP contribution is -2.59. The number of hydrogen-bond acceptors (Lipinski definition) is 15. The number of aliphatic hydroxyl groups is 1. The van der Waals surface area contributed by atoms with Crippen LogP contribution in [-0.2, 0) is 51.9 Å². The SMILES string of the molecule is C#CCOCCOCCNC(=O)CCC(CCC(=O)NCCOCCOCC#C)(CCC(O)NCCOCCOCC#C)NC(=O)C12CCC(OP(OCCC#N)N(C(C)C)C(C)C)(CC1)CC2. The van der Waals surface area contributed by atoms with Gasteiger partial charge in [0.15, 0.2) is 0 Å².